The van der Waals surface area contributed by atoms with Gasteiger partial charge in [-0.15, -0.1) is 0 Å². The van der Waals surface area contributed by atoms with E-state index in [1.807, 2.05) is 0 Å². The maximum absolute atomic E-state index is 9.67. The molecular formula is C24H43NO3. The first kappa shape index (κ1) is 24.5. The number of hydrogen-bond donors (Lipinski definition) is 4. The van der Waals surface area contributed by atoms with Gasteiger partial charge in [0, 0.05) is 0 Å². The van der Waals surface area contributed by atoms with Crippen molar-refractivity contribution in [3.63, 3.8) is 0 Å². The third kappa shape index (κ3) is 10.1. The van der Waals surface area contributed by atoms with Gasteiger partial charge in [-0.25, -0.2) is 0 Å². The number of rotatable bonds is 17. The van der Waals surface area contributed by atoms with E-state index in [-0.39, 0.29) is 11.4 Å². The highest BCUT2D eigenvalue weighted by Gasteiger charge is 2.13. The van der Waals surface area contributed by atoms with E-state index in [4.69, 9.17) is 5.73 Å². The van der Waals surface area contributed by atoms with Crippen molar-refractivity contribution < 1.29 is 15.3 Å². The van der Waals surface area contributed by atoms with Gasteiger partial charge in [0.1, 0.15) is 0 Å². The average Bonchev–Trinajstić information content (AvgIpc) is 2.69. The maximum Gasteiger partial charge on any atom is 0.202 e. The molecule has 0 aliphatic rings. The second-order valence-electron chi connectivity index (χ2n) is 8.22. The normalized spacial score (nSPS) is 11.2. The quantitative estimate of drug-likeness (QED) is 0.0976. The van der Waals surface area contributed by atoms with E-state index in [0.717, 1.165) is 12.8 Å². The van der Waals surface area contributed by atoms with Crippen molar-refractivity contribution in [2.24, 2.45) is 0 Å². The molecule has 0 radical (unpaired) electrons. The van der Waals surface area contributed by atoms with Gasteiger partial charge in [-0.1, -0.05) is 103 Å². The molecule has 0 spiro atoms. The third-order valence-electron chi connectivity index (χ3n) is 5.68. The molecule has 4 heteroatoms. The number of hydrogen-bond acceptors (Lipinski definition) is 4. The Morgan fingerprint density at radius 2 is 1.00 bits per heavy atom. The number of unbranched alkanes of at least 4 members (excludes halogenated alkanes) is 15. The molecule has 0 amide bonds. The standard InChI is InChI=1S/C24H43NO3/c1-2-3-4-5-6-7-8-9-10-11-12-13-14-15-16-17-18-20-19-21(26)23(27)24(28)22(20)25/h19,26-28H,2-18,25H2,1H3. The van der Waals surface area contributed by atoms with E-state index in [2.05, 4.69) is 6.92 Å². The van der Waals surface area contributed by atoms with Crippen molar-refractivity contribution in [3.8, 4) is 17.2 Å². The first-order valence-electron chi connectivity index (χ1n) is 11.6. The van der Waals surface area contributed by atoms with Gasteiger partial charge in [0.2, 0.25) is 5.75 Å². The van der Waals surface area contributed by atoms with Gasteiger partial charge in [0.25, 0.3) is 0 Å². The summed E-state index contributed by atoms with van der Waals surface area (Å²) < 4.78 is 0. The SMILES string of the molecule is CCCCCCCCCCCCCCCCCCc1cc(O)c(O)c(O)c1N. The molecule has 4 nitrogen and oxygen atoms in total. The van der Waals surface area contributed by atoms with Gasteiger partial charge in [-0.05, 0) is 24.5 Å². The Hall–Kier alpha value is -1.58. The van der Waals surface area contributed by atoms with Crippen molar-refractivity contribution in [3.05, 3.63) is 11.6 Å². The second-order valence-corrected chi connectivity index (χ2v) is 8.22. The Bertz CT molecular complexity index is 531. The van der Waals surface area contributed by atoms with Gasteiger partial charge in [-0.3, -0.25) is 0 Å². The lowest BCUT2D eigenvalue weighted by Crippen LogP contribution is -1.96. The first-order valence-corrected chi connectivity index (χ1v) is 11.6. The summed E-state index contributed by atoms with van der Waals surface area (Å²) in [4.78, 5) is 0. The summed E-state index contributed by atoms with van der Waals surface area (Å²) in [5.41, 5.74) is 6.68. The fraction of sp³-hybridized carbons (Fsp3) is 0.750. The summed E-state index contributed by atoms with van der Waals surface area (Å²) in [5.74, 6) is -1.25. The number of nitrogen functional groups attached to an aromatic ring is 1. The number of benzene rings is 1. The van der Waals surface area contributed by atoms with Crippen LogP contribution in [0.2, 0.25) is 0 Å². The molecule has 28 heavy (non-hydrogen) atoms. The van der Waals surface area contributed by atoms with Gasteiger partial charge in [0.15, 0.2) is 11.5 Å². The lowest BCUT2D eigenvalue weighted by Gasteiger charge is -2.10. The molecule has 0 bridgehead atoms. The Balaban J connectivity index is 1.91. The summed E-state index contributed by atoms with van der Waals surface area (Å²) in [5, 5.41) is 28.7. The zero-order valence-corrected chi connectivity index (χ0v) is 18.0. The molecule has 162 valence electrons. The van der Waals surface area contributed by atoms with Crippen LogP contribution in [0.15, 0.2) is 6.07 Å². The molecule has 1 rings (SSSR count). The molecule has 0 fully saturated rings. The number of phenols is 3. The Kier molecular flexibility index (Phi) is 13.4. The lowest BCUT2D eigenvalue weighted by atomic mass is 10.0. The van der Waals surface area contributed by atoms with Crippen molar-refractivity contribution >= 4 is 5.69 Å². The number of phenolic OH excluding ortho intramolecular Hbond substituents is 3. The summed E-state index contributed by atoms with van der Waals surface area (Å²) in [7, 11) is 0. The molecule has 0 saturated carbocycles. The Morgan fingerprint density at radius 3 is 1.43 bits per heavy atom. The number of aromatic hydroxyl groups is 3. The fourth-order valence-electron chi connectivity index (χ4n) is 3.78. The van der Waals surface area contributed by atoms with E-state index in [1.54, 1.807) is 0 Å². The smallest absolute Gasteiger partial charge is 0.202 e. The Labute approximate surface area is 172 Å². The van der Waals surface area contributed by atoms with E-state index in [0.29, 0.717) is 12.0 Å². The number of aryl methyl sites for hydroxylation is 1. The molecule has 0 aliphatic heterocycles. The fourth-order valence-corrected chi connectivity index (χ4v) is 3.78. The molecule has 0 aromatic heterocycles. The molecule has 0 saturated heterocycles. The van der Waals surface area contributed by atoms with E-state index >= 15 is 0 Å². The minimum Gasteiger partial charge on any atom is -0.504 e. The maximum atomic E-state index is 9.67. The number of nitrogens with two attached hydrogens (primary N) is 1. The van der Waals surface area contributed by atoms with Crippen LogP contribution in [0.3, 0.4) is 0 Å². The van der Waals surface area contributed by atoms with Crippen LogP contribution in [-0.2, 0) is 6.42 Å². The van der Waals surface area contributed by atoms with Gasteiger partial charge < -0.3 is 21.1 Å². The van der Waals surface area contributed by atoms with Crippen molar-refractivity contribution in [1.29, 1.82) is 0 Å². The highest BCUT2D eigenvalue weighted by Crippen LogP contribution is 2.41. The molecule has 1 aromatic carbocycles. The molecule has 0 unspecified atom stereocenters. The van der Waals surface area contributed by atoms with Crippen molar-refractivity contribution in [2.45, 2.75) is 116 Å². The van der Waals surface area contributed by atoms with E-state index in [1.165, 1.54) is 96.0 Å². The molecule has 5 N–H and O–H groups in total. The zero-order valence-electron chi connectivity index (χ0n) is 18.0. The van der Waals surface area contributed by atoms with Crippen LogP contribution in [0, 0.1) is 0 Å². The van der Waals surface area contributed by atoms with Crippen LogP contribution in [0.4, 0.5) is 5.69 Å². The molecule has 0 atom stereocenters. The zero-order chi connectivity index (χ0) is 20.6. The summed E-state index contributed by atoms with van der Waals surface area (Å²) >= 11 is 0. The molecule has 0 heterocycles. The summed E-state index contributed by atoms with van der Waals surface area (Å²) in [6, 6.07) is 1.45. The van der Waals surface area contributed by atoms with Crippen LogP contribution in [-0.4, -0.2) is 15.3 Å². The topological polar surface area (TPSA) is 86.7 Å². The van der Waals surface area contributed by atoms with Crippen molar-refractivity contribution in [2.75, 3.05) is 5.73 Å². The molecule has 0 aliphatic carbocycles. The average molecular weight is 394 g/mol. The van der Waals surface area contributed by atoms with E-state index < -0.39 is 11.5 Å². The lowest BCUT2D eigenvalue weighted by molar-refractivity contribution is 0.368. The van der Waals surface area contributed by atoms with Crippen LogP contribution in [0.25, 0.3) is 0 Å². The van der Waals surface area contributed by atoms with Crippen LogP contribution in [0.5, 0.6) is 17.2 Å². The van der Waals surface area contributed by atoms with Crippen LogP contribution < -0.4 is 5.73 Å². The Morgan fingerprint density at radius 1 is 0.607 bits per heavy atom. The van der Waals surface area contributed by atoms with Crippen LogP contribution in [0.1, 0.15) is 115 Å². The van der Waals surface area contributed by atoms with Gasteiger partial charge in [-0.2, -0.15) is 0 Å². The highest BCUT2D eigenvalue weighted by molar-refractivity contribution is 5.68. The first-order chi connectivity index (χ1) is 13.6. The molecule has 1 aromatic rings. The summed E-state index contributed by atoms with van der Waals surface area (Å²) in [6.07, 6.45) is 22.0. The third-order valence-corrected chi connectivity index (χ3v) is 5.68. The summed E-state index contributed by atoms with van der Waals surface area (Å²) in [6.45, 7) is 2.27. The predicted molar refractivity (Wildman–Crippen MR) is 119 cm³/mol. The molecular weight excluding hydrogens is 350 g/mol. The monoisotopic (exact) mass is 393 g/mol. The number of anilines is 1. The largest absolute Gasteiger partial charge is 0.504 e. The van der Waals surface area contributed by atoms with Gasteiger partial charge >= 0.3 is 0 Å². The van der Waals surface area contributed by atoms with Crippen LogP contribution >= 0.6 is 0 Å². The minimum absolute atomic E-state index is 0.177. The minimum atomic E-state index is -0.534. The highest BCUT2D eigenvalue weighted by atomic mass is 16.3. The van der Waals surface area contributed by atoms with Gasteiger partial charge in [0.05, 0.1) is 5.69 Å². The van der Waals surface area contributed by atoms with Crippen molar-refractivity contribution in [1.82, 2.24) is 0 Å². The predicted octanol–water partition coefficient (Wildman–Crippen LogP) is 7.19. The van der Waals surface area contributed by atoms with E-state index in [9.17, 15) is 15.3 Å². The second kappa shape index (κ2) is 15.4.